The number of rotatable bonds is 2. The Hall–Kier alpha value is -2.46. The van der Waals surface area contributed by atoms with Crippen LogP contribution < -0.4 is 5.32 Å². The highest BCUT2D eigenvalue weighted by atomic mass is 19.1. The molecule has 0 saturated heterocycles. The Morgan fingerprint density at radius 1 is 1.00 bits per heavy atom. The third kappa shape index (κ3) is 2.22. The minimum absolute atomic E-state index is 0.208. The van der Waals surface area contributed by atoms with E-state index >= 15 is 0 Å². The van der Waals surface area contributed by atoms with Gasteiger partial charge in [0.25, 0.3) is 0 Å². The molecule has 1 aromatic carbocycles. The maximum atomic E-state index is 13.2. The lowest BCUT2D eigenvalue weighted by molar-refractivity contribution is 0.518. The second kappa shape index (κ2) is 5.39. The molecule has 0 saturated carbocycles. The lowest BCUT2D eigenvalue weighted by Crippen LogP contribution is -2.27. The second-order valence-corrected chi connectivity index (χ2v) is 5.48. The predicted molar refractivity (Wildman–Crippen MR) is 84.8 cm³/mol. The second-order valence-electron chi connectivity index (χ2n) is 5.48. The molecular formula is C18H16FN3. The summed E-state index contributed by atoms with van der Waals surface area (Å²) in [5.41, 5.74) is 5.81. The molecule has 3 heterocycles. The van der Waals surface area contributed by atoms with Crippen LogP contribution in [0.25, 0.3) is 22.3 Å². The fourth-order valence-electron chi connectivity index (χ4n) is 3.08. The lowest BCUT2D eigenvalue weighted by atomic mass is 9.97. The van der Waals surface area contributed by atoms with Gasteiger partial charge >= 0.3 is 0 Å². The Balaban J connectivity index is 1.94. The maximum absolute atomic E-state index is 13.2. The fraction of sp³-hybridized carbons (Fsp3) is 0.167. The smallest absolute Gasteiger partial charge is 0.123 e. The van der Waals surface area contributed by atoms with E-state index in [1.165, 1.54) is 23.4 Å². The van der Waals surface area contributed by atoms with Crippen LogP contribution in [0.5, 0.6) is 0 Å². The number of hydrogen-bond acceptors (Lipinski definition) is 2. The number of aromatic nitrogens is 2. The molecule has 1 N–H and O–H groups in total. The molecule has 2 aromatic heterocycles. The van der Waals surface area contributed by atoms with Crippen molar-refractivity contribution >= 4 is 0 Å². The first-order valence-corrected chi connectivity index (χ1v) is 7.42. The number of pyridine rings is 1. The first-order chi connectivity index (χ1) is 10.8. The minimum atomic E-state index is -0.208. The highest BCUT2D eigenvalue weighted by molar-refractivity contribution is 5.85. The molecule has 1 aliphatic heterocycles. The maximum Gasteiger partial charge on any atom is 0.123 e. The van der Waals surface area contributed by atoms with Gasteiger partial charge in [-0.25, -0.2) is 4.39 Å². The van der Waals surface area contributed by atoms with Gasteiger partial charge in [0.2, 0.25) is 0 Å². The predicted octanol–water partition coefficient (Wildman–Crippen LogP) is 3.46. The quantitative estimate of drug-likeness (QED) is 0.784. The van der Waals surface area contributed by atoms with Crippen LogP contribution in [0, 0.1) is 5.82 Å². The summed E-state index contributed by atoms with van der Waals surface area (Å²) < 4.78 is 15.5. The van der Waals surface area contributed by atoms with Gasteiger partial charge in [-0.2, -0.15) is 0 Å². The van der Waals surface area contributed by atoms with E-state index in [0.29, 0.717) is 0 Å². The number of hydrogen-bond donors (Lipinski definition) is 1. The van der Waals surface area contributed by atoms with Crippen molar-refractivity contribution < 1.29 is 4.39 Å². The zero-order valence-electron chi connectivity index (χ0n) is 12.1. The summed E-state index contributed by atoms with van der Waals surface area (Å²) in [4.78, 5) is 4.11. The van der Waals surface area contributed by atoms with Crippen LogP contribution in [0.4, 0.5) is 4.39 Å². The van der Waals surface area contributed by atoms with Crippen LogP contribution in [0.3, 0.4) is 0 Å². The van der Waals surface area contributed by atoms with Gasteiger partial charge in [0.1, 0.15) is 5.82 Å². The minimum Gasteiger partial charge on any atom is -0.348 e. The molecule has 3 aromatic rings. The topological polar surface area (TPSA) is 29.9 Å². The molecule has 0 amide bonds. The molecule has 0 atom stereocenters. The molecule has 4 rings (SSSR count). The van der Waals surface area contributed by atoms with E-state index in [4.69, 9.17) is 0 Å². The third-order valence-electron chi connectivity index (χ3n) is 4.14. The Morgan fingerprint density at radius 2 is 1.77 bits per heavy atom. The highest BCUT2D eigenvalue weighted by Crippen LogP contribution is 2.37. The molecule has 0 unspecified atom stereocenters. The summed E-state index contributed by atoms with van der Waals surface area (Å²) in [5.74, 6) is -0.208. The molecule has 0 fully saturated rings. The van der Waals surface area contributed by atoms with E-state index in [1.54, 1.807) is 0 Å². The number of fused-ring (bicyclic) bond motifs is 1. The monoisotopic (exact) mass is 293 g/mol. The standard InChI is InChI=1S/C18H16FN3/c19-15-3-1-13(2-4-15)16-12-22-10-9-21-11-17(22)18(16)14-5-7-20-8-6-14/h1-8,12,21H,9-11H2. The molecular weight excluding hydrogens is 277 g/mol. The molecule has 110 valence electrons. The van der Waals surface area contributed by atoms with Crippen molar-refractivity contribution in [2.75, 3.05) is 6.54 Å². The van der Waals surface area contributed by atoms with Gasteiger partial charge in [0.15, 0.2) is 0 Å². The van der Waals surface area contributed by atoms with Gasteiger partial charge < -0.3 is 9.88 Å². The van der Waals surface area contributed by atoms with Crippen LogP contribution in [-0.4, -0.2) is 16.1 Å². The molecule has 3 nitrogen and oxygen atoms in total. The normalized spacial score (nSPS) is 13.9. The van der Waals surface area contributed by atoms with Crippen LogP contribution in [0.2, 0.25) is 0 Å². The van der Waals surface area contributed by atoms with Gasteiger partial charge in [-0.05, 0) is 35.4 Å². The number of halogens is 1. The van der Waals surface area contributed by atoms with Crippen molar-refractivity contribution in [1.29, 1.82) is 0 Å². The Morgan fingerprint density at radius 3 is 2.55 bits per heavy atom. The SMILES string of the molecule is Fc1ccc(-c2cn3c(c2-c2ccncc2)CNCC3)cc1. The average Bonchev–Trinajstić information content (AvgIpc) is 2.96. The van der Waals surface area contributed by atoms with Crippen molar-refractivity contribution in [1.82, 2.24) is 14.9 Å². The number of nitrogens with one attached hydrogen (secondary N) is 1. The molecule has 4 heteroatoms. The third-order valence-corrected chi connectivity index (χ3v) is 4.14. The van der Waals surface area contributed by atoms with E-state index in [9.17, 15) is 4.39 Å². The van der Waals surface area contributed by atoms with Gasteiger partial charge in [0.05, 0.1) is 0 Å². The first-order valence-electron chi connectivity index (χ1n) is 7.42. The fourth-order valence-corrected chi connectivity index (χ4v) is 3.08. The van der Waals surface area contributed by atoms with Crippen molar-refractivity contribution in [2.24, 2.45) is 0 Å². The Labute approximate surface area is 128 Å². The zero-order valence-corrected chi connectivity index (χ0v) is 12.1. The van der Waals surface area contributed by atoms with Crippen molar-refractivity contribution in [3.05, 3.63) is 66.5 Å². The summed E-state index contributed by atoms with van der Waals surface area (Å²) in [6.45, 7) is 2.77. The van der Waals surface area contributed by atoms with E-state index in [-0.39, 0.29) is 5.82 Å². The van der Waals surface area contributed by atoms with Crippen molar-refractivity contribution in [3.63, 3.8) is 0 Å². The molecule has 0 aliphatic carbocycles. The van der Waals surface area contributed by atoms with Crippen LogP contribution in [0.15, 0.2) is 55.0 Å². The van der Waals surface area contributed by atoms with Gasteiger partial charge in [-0.1, -0.05) is 12.1 Å². The summed E-state index contributed by atoms with van der Waals surface area (Å²) in [5, 5.41) is 3.43. The van der Waals surface area contributed by atoms with Crippen LogP contribution in [0.1, 0.15) is 5.69 Å². The molecule has 22 heavy (non-hydrogen) atoms. The average molecular weight is 293 g/mol. The van der Waals surface area contributed by atoms with Crippen LogP contribution in [-0.2, 0) is 13.1 Å². The number of benzene rings is 1. The lowest BCUT2D eigenvalue weighted by Gasteiger charge is -2.18. The molecule has 0 spiro atoms. The zero-order chi connectivity index (χ0) is 14.9. The van der Waals surface area contributed by atoms with Gasteiger partial charge in [-0.3, -0.25) is 4.98 Å². The first kappa shape index (κ1) is 13.2. The Kier molecular flexibility index (Phi) is 3.24. The molecule has 0 radical (unpaired) electrons. The van der Waals surface area contributed by atoms with Gasteiger partial charge in [0, 0.05) is 55.0 Å². The molecule has 0 bridgehead atoms. The summed E-state index contributed by atoms with van der Waals surface area (Å²) in [6, 6.07) is 10.8. The summed E-state index contributed by atoms with van der Waals surface area (Å²) >= 11 is 0. The number of nitrogens with zero attached hydrogens (tertiary/aromatic N) is 2. The van der Waals surface area contributed by atoms with Crippen LogP contribution >= 0.6 is 0 Å². The van der Waals surface area contributed by atoms with E-state index in [0.717, 1.165) is 36.3 Å². The van der Waals surface area contributed by atoms with E-state index in [1.807, 2.05) is 36.7 Å². The van der Waals surface area contributed by atoms with E-state index < -0.39 is 0 Å². The van der Waals surface area contributed by atoms with E-state index in [2.05, 4.69) is 21.1 Å². The Bertz CT molecular complexity index is 791. The van der Waals surface area contributed by atoms with Gasteiger partial charge in [-0.15, -0.1) is 0 Å². The largest absolute Gasteiger partial charge is 0.348 e. The van der Waals surface area contributed by atoms with Crippen molar-refractivity contribution in [3.8, 4) is 22.3 Å². The molecule has 1 aliphatic rings. The summed E-state index contributed by atoms with van der Waals surface area (Å²) in [7, 11) is 0. The highest BCUT2D eigenvalue weighted by Gasteiger charge is 2.20. The summed E-state index contributed by atoms with van der Waals surface area (Å²) in [6.07, 6.45) is 5.80. The van der Waals surface area contributed by atoms with Crippen molar-refractivity contribution in [2.45, 2.75) is 13.1 Å².